The van der Waals surface area contributed by atoms with Gasteiger partial charge in [-0.3, -0.25) is 14.9 Å². The molecule has 3 rings (SSSR count). The first-order chi connectivity index (χ1) is 9.11. The van der Waals surface area contributed by atoms with Crippen molar-refractivity contribution in [2.75, 3.05) is 24.6 Å². The monoisotopic (exact) mass is 283 g/mol. The number of imide groups is 1. The first-order valence-corrected chi connectivity index (χ1v) is 7.76. The quantitative estimate of drug-likeness (QED) is 0.661. The standard InChI is InChI=1S/C12H17N3O3S/c16-9(8-2-5-19-6-8)15-4-1-3-12(7-15)10(17)13-11(18)14-12/h8H,1-7H2,(H2,13,14,17,18). The Bertz CT molecular complexity index is 436. The zero-order valence-electron chi connectivity index (χ0n) is 10.6. The Morgan fingerprint density at radius 1 is 1.42 bits per heavy atom. The van der Waals surface area contributed by atoms with Crippen LogP contribution in [0.3, 0.4) is 0 Å². The van der Waals surface area contributed by atoms with Crippen LogP contribution in [0.25, 0.3) is 0 Å². The molecule has 0 radical (unpaired) electrons. The number of amides is 4. The van der Waals surface area contributed by atoms with E-state index in [9.17, 15) is 14.4 Å². The minimum atomic E-state index is -0.892. The Balaban J connectivity index is 1.72. The van der Waals surface area contributed by atoms with E-state index in [2.05, 4.69) is 10.6 Å². The van der Waals surface area contributed by atoms with Crippen molar-refractivity contribution in [1.29, 1.82) is 0 Å². The van der Waals surface area contributed by atoms with Gasteiger partial charge in [-0.05, 0) is 25.0 Å². The second kappa shape index (κ2) is 4.70. The van der Waals surface area contributed by atoms with Gasteiger partial charge in [0.05, 0.1) is 6.54 Å². The molecule has 104 valence electrons. The summed E-state index contributed by atoms with van der Waals surface area (Å²) in [6.45, 7) is 0.996. The average Bonchev–Trinajstić information content (AvgIpc) is 2.99. The molecule has 2 atom stereocenters. The van der Waals surface area contributed by atoms with Gasteiger partial charge in [0.25, 0.3) is 5.91 Å². The molecule has 4 amide bonds. The zero-order valence-corrected chi connectivity index (χ0v) is 11.4. The first kappa shape index (κ1) is 12.8. The molecule has 1 spiro atoms. The molecule has 0 aromatic heterocycles. The van der Waals surface area contributed by atoms with Crippen molar-refractivity contribution in [3.05, 3.63) is 0 Å². The van der Waals surface area contributed by atoms with Crippen molar-refractivity contribution in [3.8, 4) is 0 Å². The highest BCUT2D eigenvalue weighted by molar-refractivity contribution is 7.99. The van der Waals surface area contributed by atoms with Crippen LogP contribution in [0.2, 0.25) is 0 Å². The molecule has 0 saturated carbocycles. The van der Waals surface area contributed by atoms with Gasteiger partial charge in [-0.2, -0.15) is 11.8 Å². The molecular formula is C12H17N3O3S. The van der Waals surface area contributed by atoms with E-state index in [1.165, 1.54) is 0 Å². The highest BCUT2D eigenvalue weighted by atomic mass is 32.2. The van der Waals surface area contributed by atoms with Crippen LogP contribution in [0.1, 0.15) is 19.3 Å². The summed E-state index contributed by atoms with van der Waals surface area (Å²) < 4.78 is 0. The molecule has 19 heavy (non-hydrogen) atoms. The van der Waals surface area contributed by atoms with Gasteiger partial charge >= 0.3 is 6.03 Å². The lowest BCUT2D eigenvalue weighted by molar-refractivity contribution is -0.139. The Morgan fingerprint density at radius 2 is 2.26 bits per heavy atom. The third-order valence-corrected chi connectivity index (χ3v) is 5.26. The van der Waals surface area contributed by atoms with Gasteiger partial charge in [-0.25, -0.2) is 4.79 Å². The second-order valence-electron chi connectivity index (χ2n) is 5.41. The number of likely N-dealkylation sites (tertiary alicyclic amines) is 1. The number of urea groups is 1. The van der Waals surface area contributed by atoms with E-state index < -0.39 is 11.6 Å². The lowest BCUT2D eigenvalue weighted by Gasteiger charge is -2.39. The molecule has 3 aliphatic heterocycles. The Labute approximate surface area is 115 Å². The molecule has 0 aromatic carbocycles. The Morgan fingerprint density at radius 3 is 2.89 bits per heavy atom. The van der Waals surface area contributed by atoms with Crippen molar-refractivity contribution < 1.29 is 14.4 Å². The number of rotatable bonds is 1. The van der Waals surface area contributed by atoms with Gasteiger partial charge in [0.1, 0.15) is 5.54 Å². The highest BCUT2D eigenvalue weighted by Gasteiger charge is 2.50. The van der Waals surface area contributed by atoms with Gasteiger partial charge in [0.2, 0.25) is 5.91 Å². The molecule has 7 heteroatoms. The van der Waals surface area contributed by atoms with Crippen molar-refractivity contribution in [3.63, 3.8) is 0 Å². The molecule has 2 unspecified atom stereocenters. The predicted octanol–water partition coefficient (Wildman–Crippen LogP) is -0.0599. The first-order valence-electron chi connectivity index (χ1n) is 6.61. The minimum absolute atomic E-state index is 0.0836. The third kappa shape index (κ3) is 2.20. The summed E-state index contributed by atoms with van der Waals surface area (Å²) >= 11 is 1.80. The fourth-order valence-corrected chi connectivity index (χ4v) is 4.26. The SMILES string of the molecule is O=C1NC(=O)C2(CCCN(C(=O)C3CCSC3)C2)N1. The van der Waals surface area contributed by atoms with Crippen LogP contribution >= 0.6 is 11.8 Å². The van der Waals surface area contributed by atoms with E-state index in [0.29, 0.717) is 19.5 Å². The van der Waals surface area contributed by atoms with E-state index in [4.69, 9.17) is 0 Å². The molecule has 3 heterocycles. The largest absolute Gasteiger partial charge is 0.340 e. The van der Waals surface area contributed by atoms with Crippen LogP contribution in [0.15, 0.2) is 0 Å². The highest BCUT2D eigenvalue weighted by Crippen LogP contribution is 2.29. The van der Waals surface area contributed by atoms with Crippen molar-refractivity contribution in [2.45, 2.75) is 24.8 Å². The predicted molar refractivity (Wildman–Crippen MR) is 70.7 cm³/mol. The topological polar surface area (TPSA) is 78.5 Å². The minimum Gasteiger partial charge on any atom is -0.340 e. The lowest BCUT2D eigenvalue weighted by atomic mass is 9.88. The van der Waals surface area contributed by atoms with Crippen molar-refractivity contribution >= 4 is 29.6 Å². The van der Waals surface area contributed by atoms with Crippen LogP contribution in [0.5, 0.6) is 0 Å². The maximum atomic E-state index is 12.4. The molecule has 3 aliphatic rings. The smallest absolute Gasteiger partial charge is 0.322 e. The molecule has 0 aliphatic carbocycles. The van der Waals surface area contributed by atoms with Gasteiger partial charge in [0, 0.05) is 18.2 Å². The van der Waals surface area contributed by atoms with Gasteiger partial charge < -0.3 is 10.2 Å². The summed E-state index contributed by atoms with van der Waals surface area (Å²) in [4.78, 5) is 37.4. The van der Waals surface area contributed by atoms with Crippen molar-refractivity contribution in [1.82, 2.24) is 15.5 Å². The summed E-state index contributed by atoms with van der Waals surface area (Å²) in [7, 11) is 0. The number of piperidine rings is 1. The number of hydrogen-bond donors (Lipinski definition) is 2. The molecule has 6 nitrogen and oxygen atoms in total. The number of hydrogen-bond acceptors (Lipinski definition) is 4. The molecule has 0 aromatic rings. The summed E-state index contributed by atoms with van der Waals surface area (Å²) in [6, 6.07) is -0.448. The van der Waals surface area contributed by atoms with Crippen LogP contribution in [-0.4, -0.2) is 52.9 Å². The summed E-state index contributed by atoms with van der Waals surface area (Å²) in [5.41, 5.74) is -0.892. The number of carbonyl (C=O) groups is 3. The molecule has 2 N–H and O–H groups in total. The van der Waals surface area contributed by atoms with E-state index in [1.54, 1.807) is 16.7 Å². The second-order valence-corrected chi connectivity index (χ2v) is 6.56. The summed E-state index contributed by atoms with van der Waals surface area (Å²) in [6.07, 6.45) is 2.28. The van der Waals surface area contributed by atoms with Gasteiger partial charge in [0.15, 0.2) is 0 Å². The molecular weight excluding hydrogens is 266 g/mol. The fourth-order valence-electron chi connectivity index (χ4n) is 3.05. The van der Waals surface area contributed by atoms with E-state index in [-0.39, 0.29) is 17.7 Å². The summed E-state index contributed by atoms with van der Waals surface area (Å²) in [5.74, 6) is 1.84. The molecule has 3 saturated heterocycles. The van der Waals surface area contributed by atoms with Crippen LogP contribution in [-0.2, 0) is 9.59 Å². The van der Waals surface area contributed by atoms with Crippen LogP contribution < -0.4 is 10.6 Å². The van der Waals surface area contributed by atoms with E-state index in [1.807, 2.05) is 0 Å². The van der Waals surface area contributed by atoms with Gasteiger partial charge in [-0.15, -0.1) is 0 Å². The molecule has 3 fully saturated rings. The van der Waals surface area contributed by atoms with Crippen LogP contribution in [0, 0.1) is 5.92 Å². The van der Waals surface area contributed by atoms with Crippen molar-refractivity contribution in [2.24, 2.45) is 5.92 Å². The normalized spacial score (nSPS) is 34.5. The number of carbonyl (C=O) groups excluding carboxylic acids is 3. The maximum absolute atomic E-state index is 12.4. The zero-order chi connectivity index (χ0) is 13.5. The number of thioether (sulfide) groups is 1. The van der Waals surface area contributed by atoms with Crippen LogP contribution in [0.4, 0.5) is 4.79 Å². The Kier molecular flexibility index (Phi) is 3.16. The summed E-state index contributed by atoms with van der Waals surface area (Å²) in [5, 5.41) is 4.97. The van der Waals surface area contributed by atoms with E-state index in [0.717, 1.165) is 24.3 Å². The Hall–Kier alpha value is -1.24. The van der Waals surface area contributed by atoms with Gasteiger partial charge in [-0.1, -0.05) is 0 Å². The number of nitrogens with one attached hydrogen (secondary N) is 2. The van der Waals surface area contributed by atoms with E-state index >= 15 is 0 Å². The maximum Gasteiger partial charge on any atom is 0.322 e. The fraction of sp³-hybridized carbons (Fsp3) is 0.750. The third-order valence-electron chi connectivity index (χ3n) is 4.10. The number of nitrogens with zero attached hydrogens (tertiary/aromatic N) is 1. The lowest BCUT2D eigenvalue weighted by Crippen LogP contribution is -2.60. The average molecular weight is 283 g/mol. The molecule has 0 bridgehead atoms.